The molecule has 0 bridgehead atoms. The minimum absolute atomic E-state index is 0.298. The summed E-state index contributed by atoms with van der Waals surface area (Å²) < 4.78 is 0. The molecule has 3 amide bonds. The maximum atomic E-state index is 13.0. The van der Waals surface area contributed by atoms with Crippen molar-refractivity contribution in [3.05, 3.63) is 70.4 Å². The van der Waals surface area contributed by atoms with Gasteiger partial charge in [0.25, 0.3) is 5.91 Å². The number of ketones is 1. The number of H-pyrrole nitrogens is 1. The fourth-order valence-electron chi connectivity index (χ4n) is 3.79. The van der Waals surface area contributed by atoms with Crippen molar-refractivity contribution in [3.63, 3.8) is 0 Å². The van der Waals surface area contributed by atoms with Gasteiger partial charge in [-0.25, -0.2) is 4.79 Å². The van der Waals surface area contributed by atoms with Crippen molar-refractivity contribution in [2.24, 2.45) is 0 Å². The maximum Gasteiger partial charge on any atom is 0.325 e. The molecule has 1 aromatic heterocycles. The summed E-state index contributed by atoms with van der Waals surface area (Å²) in [6.07, 6.45) is 2.47. The molecular formula is C22H20ClN3O3. The molecule has 1 fully saturated rings. The van der Waals surface area contributed by atoms with E-state index in [0.717, 1.165) is 27.8 Å². The van der Waals surface area contributed by atoms with Crippen molar-refractivity contribution in [2.75, 3.05) is 6.54 Å². The Hall–Kier alpha value is -3.12. The van der Waals surface area contributed by atoms with Gasteiger partial charge >= 0.3 is 6.03 Å². The standard InChI is InChI=1S/C22H20ClN3O3/c1-3-13-5-4-6-16-17(11-24-19(13)16)18(27)12-26-20(28)22(2,25-21(26)29)14-7-9-15(23)10-8-14/h4-11,24H,3,12H2,1-2H3,(H,25,29). The Labute approximate surface area is 172 Å². The maximum absolute atomic E-state index is 13.0. The second kappa shape index (κ2) is 7.04. The van der Waals surface area contributed by atoms with E-state index in [4.69, 9.17) is 11.6 Å². The van der Waals surface area contributed by atoms with E-state index in [1.807, 2.05) is 25.1 Å². The molecule has 4 rings (SSSR count). The molecule has 1 saturated heterocycles. The first kappa shape index (κ1) is 19.2. The van der Waals surface area contributed by atoms with Crippen LogP contribution in [0, 0.1) is 0 Å². The average Bonchev–Trinajstić information content (AvgIpc) is 3.23. The number of aromatic nitrogens is 1. The van der Waals surface area contributed by atoms with E-state index in [-0.39, 0.29) is 12.3 Å². The molecule has 0 aliphatic carbocycles. The number of hydrogen-bond acceptors (Lipinski definition) is 3. The molecule has 29 heavy (non-hydrogen) atoms. The fourth-order valence-corrected chi connectivity index (χ4v) is 3.92. The third kappa shape index (κ3) is 3.09. The second-order valence-electron chi connectivity index (χ2n) is 7.27. The first-order valence-corrected chi connectivity index (χ1v) is 9.75. The molecule has 0 spiro atoms. The van der Waals surface area contributed by atoms with E-state index in [1.54, 1.807) is 37.4 Å². The quantitative estimate of drug-likeness (QED) is 0.493. The van der Waals surface area contributed by atoms with Gasteiger partial charge in [0.05, 0.1) is 6.54 Å². The van der Waals surface area contributed by atoms with Gasteiger partial charge in [-0.1, -0.05) is 48.9 Å². The number of urea groups is 1. The summed E-state index contributed by atoms with van der Waals surface area (Å²) in [4.78, 5) is 42.6. The lowest BCUT2D eigenvalue weighted by atomic mass is 9.92. The zero-order valence-corrected chi connectivity index (χ0v) is 16.8. The first-order valence-electron chi connectivity index (χ1n) is 9.37. The number of carbonyl (C=O) groups is 3. The topological polar surface area (TPSA) is 82.3 Å². The predicted octanol–water partition coefficient (Wildman–Crippen LogP) is 4.03. The monoisotopic (exact) mass is 409 g/mol. The Morgan fingerprint density at radius 3 is 2.55 bits per heavy atom. The van der Waals surface area contributed by atoms with E-state index in [2.05, 4.69) is 10.3 Å². The number of para-hydroxylation sites is 1. The van der Waals surface area contributed by atoms with Crippen molar-refractivity contribution < 1.29 is 14.4 Å². The van der Waals surface area contributed by atoms with Crippen LogP contribution in [0.1, 0.15) is 35.3 Å². The van der Waals surface area contributed by atoms with Gasteiger partial charge in [0.15, 0.2) is 5.78 Å². The number of imide groups is 1. The predicted molar refractivity (Wildman–Crippen MR) is 111 cm³/mol. The molecule has 2 N–H and O–H groups in total. The third-order valence-electron chi connectivity index (χ3n) is 5.48. The molecule has 1 unspecified atom stereocenters. The molecule has 1 aliphatic heterocycles. The number of Topliss-reactive ketones (excluding diaryl/α,β-unsaturated/α-hetero) is 1. The molecule has 148 valence electrons. The van der Waals surface area contributed by atoms with Crippen LogP contribution in [0.3, 0.4) is 0 Å². The van der Waals surface area contributed by atoms with Gasteiger partial charge in [-0.15, -0.1) is 0 Å². The largest absolute Gasteiger partial charge is 0.360 e. The summed E-state index contributed by atoms with van der Waals surface area (Å²) in [5.41, 5.74) is 1.84. The summed E-state index contributed by atoms with van der Waals surface area (Å²) in [5.74, 6) is -0.763. The van der Waals surface area contributed by atoms with Crippen LogP contribution in [-0.2, 0) is 16.8 Å². The lowest BCUT2D eigenvalue weighted by molar-refractivity contribution is -0.130. The Morgan fingerprint density at radius 1 is 1.14 bits per heavy atom. The zero-order chi connectivity index (χ0) is 20.8. The highest BCUT2D eigenvalue weighted by molar-refractivity contribution is 6.30. The number of rotatable bonds is 5. The summed E-state index contributed by atoms with van der Waals surface area (Å²) in [6.45, 7) is 3.35. The highest BCUT2D eigenvalue weighted by atomic mass is 35.5. The molecule has 6 nitrogen and oxygen atoms in total. The molecule has 3 aromatic rings. The van der Waals surface area contributed by atoms with Crippen molar-refractivity contribution in [1.29, 1.82) is 0 Å². The van der Waals surface area contributed by atoms with Crippen molar-refractivity contribution in [1.82, 2.24) is 15.2 Å². The normalized spacial score (nSPS) is 19.1. The number of benzene rings is 2. The van der Waals surface area contributed by atoms with Gasteiger partial charge in [-0.05, 0) is 36.6 Å². The second-order valence-corrected chi connectivity index (χ2v) is 7.71. The summed E-state index contributed by atoms with van der Waals surface area (Å²) in [7, 11) is 0. The molecule has 1 atom stereocenters. The van der Waals surface area contributed by atoms with Crippen LogP contribution >= 0.6 is 11.6 Å². The van der Waals surface area contributed by atoms with E-state index in [9.17, 15) is 14.4 Å². The number of nitrogens with one attached hydrogen (secondary N) is 2. The van der Waals surface area contributed by atoms with Gasteiger partial charge in [-0.2, -0.15) is 0 Å². The highest BCUT2D eigenvalue weighted by Gasteiger charge is 2.49. The van der Waals surface area contributed by atoms with Crippen LogP contribution in [0.15, 0.2) is 48.7 Å². The van der Waals surface area contributed by atoms with Crippen molar-refractivity contribution >= 4 is 40.2 Å². The molecule has 1 aliphatic rings. The van der Waals surface area contributed by atoms with E-state index < -0.39 is 17.5 Å². The van der Waals surface area contributed by atoms with Crippen molar-refractivity contribution in [2.45, 2.75) is 25.8 Å². The van der Waals surface area contributed by atoms with Gasteiger partial charge in [-0.3, -0.25) is 14.5 Å². The number of fused-ring (bicyclic) bond motifs is 1. The molecule has 0 saturated carbocycles. The lowest BCUT2D eigenvalue weighted by Crippen LogP contribution is -2.41. The highest BCUT2D eigenvalue weighted by Crippen LogP contribution is 2.30. The number of carbonyl (C=O) groups excluding carboxylic acids is 3. The number of halogens is 1. The van der Waals surface area contributed by atoms with Crippen LogP contribution in [0.2, 0.25) is 5.02 Å². The molecular weight excluding hydrogens is 390 g/mol. The molecule has 0 radical (unpaired) electrons. The van der Waals surface area contributed by atoms with Crippen LogP contribution in [0.25, 0.3) is 10.9 Å². The third-order valence-corrected chi connectivity index (χ3v) is 5.73. The Balaban J connectivity index is 1.61. The first-order chi connectivity index (χ1) is 13.8. The van der Waals surface area contributed by atoms with E-state index >= 15 is 0 Å². The average molecular weight is 410 g/mol. The van der Waals surface area contributed by atoms with Crippen LogP contribution in [0.5, 0.6) is 0 Å². The smallest absolute Gasteiger partial charge is 0.325 e. The molecule has 7 heteroatoms. The van der Waals surface area contributed by atoms with Gasteiger partial charge in [0.2, 0.25) is 0 Å². The Bertz CT molecular complexity index is 1140. The SMILES string of the molecule is CCc1cccc2c(C(=O)CN3C(=O)NC(C)(c4ccc(Cl)cc4)C3=O)c[nH]c12. The lowest BCUT2D eigenvalue weighted by Gasteiger charge is -2.22. The minimum Gasteiger partial charge on any atom is -0.360 e. The summed E-state index contributed by atoms with van der Waals surface area (Å²) in [5, 5.41) is 4.03. The Morgan fingerprint density at radius 2 is 1.86 bits per heavy atom. The number of aryl methyl sites for hydroxylation is 1. The van der Waals surface area contributed by atoms with Crippen LogP contribution in [-0.4, -0.2) is 34.2 Å². The van der Waals surface area contributed by atoms with Crippen LogP contribution in [0.4, 0.5) is 4.79 Å². The minimum atomic E-state index is -1.24. The van der Waals surface area contributed by atoms with Crippen LogP contribution < -0.4 is 5.32 Å². The van der Waals surface area contributed by atoms with E-state index in [1.165, 1.54) is 0 Å². The number of hydrogen-bond donors (Lipinski definition) is 2. The number of amides is 3. The van der Waals surface area contributed by atoms with Crippen molar-refractivity contribution in [3.8, 4) is 0 Å². The Kier molecular flexibility index (Phi) is 4.67. The van der Waals surface area contributed by atoms with Gasteiger partial charge in [0, 0.05) is 27.7 Å². The zero-order valence-electron chi connectivity index (χ0n) is 16.1. The summed E-state index contributed by atoms with van der Waals surface area (Å²) in [6, 6.07) is 11.9. The number of nitrogens with zero attached hydrogens (tertiary/aromatic N) is 1. The molecule has 2 aromatic carbocycles. The summed E-state index contributed by atoms with van der Waals surface area (Å²) >= 11 is 5.92. The molecule has 2 heterocycles. The van der Waals surface area contributed by atoms with E-state index in [0.29, 0.717) is 16.1 Å². The fraction of sp³-hybridized carbons (Fsp3) is 0.227. The van der Waals surface area contributed by atoms with Gasteiger partial charge in [0.1, 0.15) is 5.54 Å². The number of aromatic amines is 1. The van der Waals surface area contributed by atoms with Gasteiger partial charge < -0.3 is 10.3 Å².